The molecule has 0 amide bonds. The van der Waals surface area contributed by atoms with Gasteiger partial charge in [0.1, 0.15) is 5.75 Å². The summed E-state index contributed by atoms with van der Waals surface area (Å²) >= 11 is 6.08. The first-order valence-electron chi connectivity index (χ1n) is 6.60. The van der Waals surface area contributed by atoms with Crippen molar-refractivity contribution < 1.29 is 14.3 Å². The summed E-state index contributed by atoms with van der Waals surface area (Å²) in [6.45, 7) is 2.46. The summed E-state index contributed by atoms with van der Waals surface area (Å²) < 4.78 is 10.5. The molecule has 0 saturated carbocycles. The molecule has 0 bridgehead atoms. The second kappa shape index (κ2) is 5.30. The fraction of sp³-hybridized carbons (Fsp3) is 0.188. The Labute approximate surface area is 126 Å². The number of esters is 1. The zero-order valence-corrected chi connectivity index (χ0v) is 12.5. The third kappa shape index (κ3) is 2.21. The maximum atomic E-state index is 12.0. The van der Waals surface area contributed by atoms with Crippen molar-refractivity contribution in [3.05, 3.63) is 40.9 Å². The van der Waals surface area contributed by atoms with Crippen molar-refractivity contribution in [3.8, 4) is 5.75 Å². The van der Waals surface area contributed by atoms with Crippen LogP contribution in [-0.4, -0.2) is 24.7 Å². The number of aromatic amines is 1. The van der Waals surface area contributed by atoms with Crippen LogP contribution in [0.2, 0.25) is 5.02 Å². The van der Waals surface area contributed by atoms with Gasteiger partial charge in [-0.2, -0.15) is 0 Å². The van der Waals surface area contributed by atoms with Crippen LogP contribution in [0.25, 0.3) is 21.8 Å². The standard InChI is InChI=1S/C16H14ClNO3/c1-3-21-13-7-5-10(16(19)20-2)14-11-8-9(17)4-6-12(11)18-15(13)14/h4-8,18H,3H2,1-2H3. The summed E-state index contributed by atoms with van der Waals surface area (Å²) in [6, 6.07) is 9.01. The Kier molecular flexibility index (Phi) is 3.47. The average molecular weight is 304 g/mol. The van der Waals surface area contributed by atoms with Crippen LogP contribution in [0.4, 0.5) is 0 Å². The highest BCUT2D eigenvalue weighted by atomic mass is 35.5. The Morgan fingerprint density at radius 2 is 2.10 bits per heavy atom. The molecule has 108 valence electrons. The van der Waals surface area contributed by atoms with Crippen LogP contribution < -0.4 is 4.74 Å². The Morgan fingerprint density at radius 3 is 2.81 bits per heavy atom. The summed E-state index contributed by atoms with van der Waals surface area (Å²) in [5, 5.41) is 2.26. The molecular weight excluding hydrogens is 290 g/mol. The van der Waals surface area contributed by atoms with E-state index in [9.17, 15) is 4.79 Å². The molecule has 5 heteroatoms. The highest BCUT2D eigenvalue weighted by molar-refractivity contribution is 6.32. The third-order valence-electron chi connectivity index (χ3n) is 3.38. The topological polar surface area (TPSA) is 51.3 Å². The molecule has 1 aromatic heterocycles. The monoisotopic (exact) mass is 303 g/mol. The van der Waals surface area contributed by atoms with Gasteiger partial charge in [0.15, 0.2) is 0 Å². The molecule has 1 N–H and O–H groups in total. The van der Waals surface area contributed by atoms with Gasteiger partial charge in [-0.3, -0.25) is 0 Å². The number of hydrogen-bond acceptors (Lipinski definition) is 3. The zero-order valence-electron chi connectivity index (χ0n) is 11.7. The van der Waals surface area contributed by atoms with E-state index in [1.807, 2.05) is 19.1 Å². The molecule has 21 heavy (non-hydrogen) atoms. The van der Waals surface area contributed by atoms with Crippen molar-refractivity contribution in [2.75, 3.05) is 13.7 Å². The number of nitrogens with one attached hydrogen (secondary N) is 1. The van der Waals surface area contributed by atoms with Gasteiger partial charge >= 0.3 is 5.97 Å². The number of methoxy groups -OCH3 is 1. The summed E-state index contributed by atoms with van der Waals surface area (Å²) in [5.41, 5.74) is 2.16. The number of halogens is 1. The second-order valence-electron chi connectivity index (χ2n) is 4.60. The molecule has 0 aliphatic rings. The van der Waals surface area contributed by atoms with Gasteiger partial charge in [0.25, 0.3) is 0 Å². The van der Waals surface area contributed by atoms with Gasteiger partial charge in [0.2, 0.25) is 0 Å². The zero-order chi connectivity index (χ0) is 15.0. The summed E-state index contributed by atoms with van der Waals surface area (Å²) in [5.74, 6) is 0.316. The van der Waals surface area contributed by atoms with Crippen molar-refractivity contribution in [2.24, 2.45) is 0 Å². The minimum Gasteiger partial charge on any atom is -0.492 e. The molecule has 4 nitrogen and oxygen atoms in total. The van der Waals surface area contributed by atoms with Crippen LogP contribution in [0, 0.1) is 0 Å². The van der Waals surface area contributed by atoms with Gasteiger partial charge in [0.05, 0.1) is 24.8 Å². The number of H-pyrrole nitrogens is 1. The minimum absolute atomic E-state index is 0.385. The third-order valence-corrected chi connectivity index (χ3v) is 3.62. The Hall–Kier alpha value is -2.20. The number of hydrogen-bond donors (Lipinski definition) is 1. The Balaban J connectivity index is 2.43. The number of carbonyl (C=O) groups excluding carboxylic acids is 1. The molecule has 0 aliphatic heterocycles. The second-order valence-corrected chi connectivity index (χ2v) is 5.04. The number of ether oxygens (including phenoxy) is 2. The lowest BCUT2D eigenvalue weighted by molar-refractivity contribution is 0.0603. The van der Waals surface area contributed by atoms with Crippen LogP contribution in [-0.2, 0) is 4.74 Å². The van der Waals surface area contributed by atoms with Gasteiger partial charge in [-0.05, 0) is 37.3 Å². The quantitative estimate of drug-likeness (QED) is 0.739. The fourth-order valence-corrected chi connectivity index (χ4v) is 2.68. The van der Waals surface area contributed by atoms with Crippen LogP contribution in [0.15, 0.2) is 30.3 Å². The molecule has 0 atom stereocenters. The van der Waals surface area contributed by atoms with E-state index in [4.69, 9.17) is 21.1 Å². The number of fused-ring (bicyclic) bond motifs is 3. The smallest absolute Gasteiger partial charge is 0.338 e. The highest BCUT2D eigenvalue weighted by Gasteiger charge is 2.18. The summed E-state index contributed by atoms with van der Waals surface area (Å²) in [6.07, 6.45) is 0. The molecule has 0 fully saturated rings. The van der Waals surface area contributed by atoms with Crippen LogP contribution >= 0.6 is 11.6 Å². The molecule has 0 aliphatic carbocycles. The van der Waals surface area contributed by atoms with Crippen molar-refractivity contribution in [3.63, 3.8) is 0 Å². The first kappa shape index (κ1) is 13.8. The number of rotatable bonds is 3. The summed E-state index contributed by atoms with van der Waals surface area (Å²) in [4.78, 5) is 15.3. The first-order valence-corrected chi connectivity index (χ1v) is 6.98. The lowest BCUT2D eigenvalue weighted by Crippen LogP contribution is -2.02. The fourth-order valence-electron chi connectivity index (χ4n) is 2.51. The predicted octanol–water partition coefficient (Wildman–Crippen LogP) is 4.16. The van der Waals surface area contributed by atoms with Crippen molar-refractivity contribution in [1.29, 1.82) is 0 Å². The molecule has 0 saturated heterocycles. The number of aromatic nitrogens is 1. The highest BCUT2D eigenvalue weighted by Crippen LogP contribution is 2.35. The van der Waals surface area contributed by atoms with Gasteiger partial charge < -0.3 is 14.5 Å². The number of benzene rings is 2. The van der Waals surface area contributed by atoms with E-state index in [1.165, 1.54) is 7.11 Å². The van der Waals surface area contributed by atoms with E-state index in [1.54, 1.807) is 18.2 Å². The SMILES string of the molecule is CCOc1ccc(C(=O)OC)c2c1[nH]c1ccc(Cl)cc12. The van der Waals surface area contributed by atoms with E-state index in [0.29, 0.717) is 22.9 Å². The lowest BCUT2D eigenvalue weighted by atomic mass is 10.1. The first-order chi connectivity index (χ1) is 10.2. The number of carbonyl (C=O) groups is 1. The molecule has 3 aromatic rings. The Bertz CT molecular complexity index is 838. The maximum Gasteiger partial charge on any atom is 0.338 e. The van der Waals surface area contributed by atoms with Gasteiger partial charge in [-0.1, -0.05) is 11.6 Å². The van der Waals surface area contributed by atoms with Gasteiger partial charge in [-0.15, -0.1) is 0 Å². The van der Waals surface area contributed by atoms with E-state index in [0.717, 1.165) is 21.8 Å². The molecule has 0 radical (unpaired) electrons. The van der Waals surface area contributed by atoms with Crippen molar-refractivity contribution >= 4 is 39.4 Å². The van der Waals surface area contributed by atoms with Crippen LogP contribution in [0.3, 0.4) is 0 Å². The molecular formula is C16H14ClNO3. The summed E-state index contributed by atoms with van der Waals surface area (Å²) in [7, 11) is 1.37. The van der Waals surface area contributed by atoms with E-state index in [-0.39, 0.29) is 5.97 Å². The van der Waals surface area contributed by atoms with Crippen molar-refractivity contribution in [2.45, 2.75) is 6.92 Å². The average Bonchev–Trinajstić information content (AvgIpc) is 2.86. The van der Waals surface area contributed by atoms with E-state index in [2.05, 4.69) is 4.98 Å². The molecule has 3 rings (SSSR count). The largest absolute Gasteiger partial charge is 0.492 e. The molecule has 2 aromatic carbocycles. The van der Waals surface area contributed by atoms with Gasteiger partial charge in [-0.25, -0.2) is 4.79 Å². The van der Waals surface area contributed by atoms with E-state index < -0.39 is 0 Å². The lowest BCUT2D eigenvalue weighted by Gasteiger charge is -2.07. The predicted molar refractivity (Wildman–Crippen MR) is 83.3 cm³/mol. The minimum atomic E-state index is -0.385. The molecule has 1 heterocycles. The Morgan fingerprint density at radius 1 is 1.29 bits per heavy atom. The van der Waals surface area contributed by atoms with Gasteiger partial charge in [0, 0.05) is 21.3 Å². The molecule has 0 spiro atoms. The normalized spacial score (nSPS) is 11.0. The maximum absolute atomic E-state index is 12.0. The molecule has 0 unspecified atom stereocenters. The van der Waals surface area contributed by atoms with Crippen LogP contribution in [0.1, 0.15) is 17.3 Å². The van der Waals surface area contributed by atoms with Crippen LogP contribution in [0.5, 0.6) is 5.75 Å². The van der Waals surface area contributed by atoms with E-state index >= 15 is 0 Å². The van der Waals surface area contributed by atoms with Crippen molar-refractivity contribution in [1.82, 2.24) is 4.98 Å².